The van der Waals surface area contributed by atoms with Crippen molar-refractivity contribution in [2.24, 2.45) is 5.73 Å². The van der Waals surface area contributed by atoms with Crippen molar-refractivity contribution < 1.29 is 23.4 Å². The first-order valence-electron chi connectivity index (χ1n) is 6.42. The second-order valence-electron chi connectivity index (χ2n) is 4.66. The fourth-order valence-electron chi connectivity index (χ4n) is 1.97. The fourth-order valence-corrected chi connectivity index (χ4v) is 1.97. The maximum absolute atomic E-state index is 13.3. The minimum absolute atomic E-state index is 0.0695. The molecule has 0 aliphatic heterocycles. The summed E-state index contributed by atoms with van der Waals surface area (Å²) in [6.45, 7) is 0.961. The van der Waals surface area contributed by atoms with Gasteiger partial charge >= 0.3 is 0 Å². The zero-order valence-electron chi connectivity index (χ0n) is 11.6. The molecule has 20 heavy (non-hydrogen) atoms. The number of aliphatic hydroxyl groups is 1. The molecule has 4 nitrogen and oxygen atoms in total. The van der Waals surface area contributed by atoms with Crippen LogP contribution < -0.4 is 5.73 Å². The van der Waals surface area contributed by atoms with Crippen LogP contribution in [0.25, 0.3) is 0 Å². The maximum Gasteiger partial charge on any atom is 0.126 e. The summed E-state index contributed by atoms with van der Waals surface area (Å²) in [5.41, 5.74) is 5.14. The molecule has 1 aromatic carbocycles. The van der Waals surface area contributed by atoms with Crippen LogP contribution in [0.1, 0.15) is 12.0 Å². The van der Waals surface area contributed by atoms with E-state index in [-0.39, 0.29) is 13.2 Å². The van der Waals surface area contributed by atoms with Crippen molar-refractivity contribution in [3.63, 3.8) is 0 Å². The minimum atomic E-state index is -0.907. The van der Waals surface area contributed by atoms with Gasteiger partial charge in [0.1, 0.15) is 11.6 Å². The number of benzene rings is 1. The first-order valence-corrected chi connectivity index (χ1v) is 6.42. The predicted molar refractivity (Wildman–Crippen MR) is 71.5 cm³/mol. The van der Waals surface area contributed by atoms with E-state index < -0.39 is 17.0 Å². The van der Waals surface area contributed by atoms with Gasteiger partial charge in [0.15, 0.2) is 0 Å². The van der Waals surface area contributed by atoms with Crippen LogP contribution in [-0.2, 0) is 14.9 Å². The van der Waals surface area contributed by atoms with Gasteiger partial charge in [-0.3, -0.25) is 0 Å². The average Bonchev–Trinajstić information content (AvgIpc) is 2.42. The van der Waals surface area contributed by atoms with Crippen LogP contribution in [0.3, 0.4) is 0 Å². The third-order valence-corrected chi connectivity index (χ3v) is 3.33. The van der Waals surface area contributed by atoms with E-state index in [1.165, 1.54) is 12.1 Å². The average molecular weight is 289 g/mol. The molecule has 6 heteroatoms. The van der Waals surface area contributed by atoms with Gasteiger partial charge in [-0.2, -0.15) is 0 Å². The van der Waals surface area contributed by atoms with Crippen molar-refractivity contribution in [2.45, 2.75) is 11.8 Å². The lowest BCUT2D eigenvalue weighted by molar-refractivity contribution is 0.0537. The van der Waals surface area contributed by atoms with E-state index in [4.69, 9.17) is 15.2 Å². The summed E-state index contributed by atoms with van der Waals surface area (Å²) in [6.07, 6.45) is 0.368. The third kappa shape index (κ3) is 4.49. The number of halogens is 2. The lowest BCUT2D eigenvalue weighted by atomic mass is 9.78. The SMILES string of the molecule is COCCOCCC(CN)(CO)c1cc(F)cc(F)c1. The molecule has 0 saturated carbocycles. The highest BCUT2D eigenvalue weighted by Gasteiger charge is 2.31. The quantitative estimate of drug-likeness (QED) is 0.671. The monoisotopic (exact) mass is 289 g/mol. The Labute approximate surface area is 117 Å². The molecule has 1 rings (SSSR count). The van der Waals surface area contributed by atoms with Gasteiger partial charge in [0.25, 0.3) is 0 Å². The number of nitrogens with two attached hydrogens (primary N) is 1. The van der Waals surface area contributed by atoms with Gasteiger partial charge in [-0.15, -0.1) is 0 Å². The zero-order chi connectivity index (χ0) is 15.0. The predicted octanol–water partition coefficient (Wildman–Crippen LogP) is 1.21. The van der Waals surface area contributed by atoms with Crippen molar-refractivity contribution in [3.05, 3.63) is 35.4 Å². The smallest absolute Gasteiger partial charge is 0.126 e. The van der Waals surface area contributed by atoms with Crippen LogP contribution in [0.4, 0.5) is 8.78 Å². The second-order valence-corrected chi connectivity index (χ2v) is 4.66. The molecule has 0 saturated heterocycles. The Balaban J connectivity index is 2.79. The molecule has 3 N–H and O–H groups in total. The molecule has 0 amide bonds. The molecular formula is C14H21F2NO3. The Morgan fingerprint density at radius 3 is 2.30 bits per heavy atom. The Kier molecular flexibility index (Phi) is 7.01. The Hall–Kier alpha value is -1.08. The maximum atomic E-state index is 13.3. The molecule has 0 bridgehead atoms. The Morgan fingerprint density at radius 1 is 1.15 bits per heavy atom. The van der Waals surface area contributed by atoms with Crippen molar-refractivity contribution in [1.82, 2.24) is 0 Å². The first kappa shape index (κ1) is 17.0. The van der Waals surface area contributed by atoms with Crippen LogP contribution in [0.2, 0.25) is 0 Å². The topological polar surface area (TPSA) is 64.7 Å². The number of hydrogen-bond donors (Lipinski definition) is 2. The number of rotatable bonds is 9. The lowest BCUT2D eigenvalue weighted by Gasteiger charge is -2.31. The van der Waals surface area contributed by atoms with Crippen LogP contribution >= 0.6 is 0 Å². The van der Waals surface area contributed by atoms with Crippen molar-refractivity contribution in [2.75, 3.05) is 40.1 Å². The Bertz CT molecular complexity index is 391. The standard InChI is InChI=1S/C14H21F2NO3/c1-19-4-5-20-3-2-14(9-17,10-18)11-6-12(15)8-13(16)7-11/h6-8,18H,2-5,9-10,17H2,1H3. The van der Waals surface area contributed by atoms with Gasteiger partial charge in [0, 0.05) is 31.7 Å². The summed E-state index contributed by atoms with van der Waals surface area (Å²) in [5.74, 6) is -1.38. The highest BCUT2D eigenvalue weighted by Crippen LogP contribution is 2.28. The normalized spacial score (nSPS) is 14.2. The van der Waals surface area contributed by atoms with Gasteiger partial charge in [-0.1, -0.05) is 0 Å². The third-order valence-electron chi connectivity index (χ3n) is 3.33. The molecule has 1 unspecified atom stereocenters. The van der Waals surface area contributed by atoms with Crippen LogP contribution in [-0.4, -0.2) is 45.2 Å². The molecule has 0 aromatic heterocycles. The van der Waals surface area contributed by atoms with Crippen molar-refractivity contribution >= 4 is 0 Å². The molecule has 114 valence electrons. The molecular weight excluding hydrogens is 268 g/mol. The zero-order valence-corrected chi connectivity index (χ0v) is 11.6. The molecule has 0 fully saturated rings. The van der Waals surface area contributed by atoms with E-state index in [2.05, 4.69) is 0 Å². The molecule has 0 heterocycles. The highest BCUT2D eigenvalue weighted by atomic mass is 19.1. The van der Waals surface area contributed by atoms with E-state index >= 15 is 0 Å². The fraction of sp³-hybridized carbons (Fsp3) is 0.571. The first-order chi connectivity index (χ1) is 9.57. The van der Waals surface area contributed by atoms with Crippen molar-refractivity contribution in [3.8, 4) is 0 Å². The summed E-state index contributed by atoms with van der Waals surface area (Å²) in [5, 5.41) is 9.61. The summed E-state index contributed by atoms with van der Waals surface area (Å²) < 4.78 is 36.8. The number of hydrogen-bond acceptors (Lipinski definition) is 4. The molecule has 0 radical (unpaired) electrons. The van der Waals surface area contributed by atoms with Crippen LogP contribution in [0, 0.1) is 11.6 Å². The van der Waals surface area contributed by atoms with E-state index in [0.717, 1.165) is 6.07 Å². The summed E-state index contributed by atoms with van der Waals surface area (Å²) in [6, 6.07) is 3.18. The van der Waals surface area contributed by atoms with E-state index in [1.54, 1.807) is 7.11 Å². The number of methoxy groups -OCH3 is 1. The van der Waals surface area contributed by atoms with Gasteiger partial charge in [-0.05, 0) is 24.1 Å². The Morgan fingerprint density at radius 2 is 1.80 bits per heavy atom. The van der Waals surface area contributed by atoms with Gasteiger partial charge in [-0.25, -0.2) is 8.78 Å². The van der Waals surface area contributed by atoms with Crippen LogP contribution in [0.5, 0.6) is 0 Å². The van der Waals surface area contributed by atoms with Crippen molar-refractivity contribution in [1.29, 1.82) is 0 Å². The van der Waals surface area contributed by atoms with Gasteiger partial charge in [0.05, 0.1) is 19.8 Å². The lowest BCUT2D eigenvalue weighted by Crippen LogP contribution is -2.40. The summed E-state index contributed by atoms with van der Waals surface area (Å²) in [7, 11) is 1.57. The molecule has 1 atom stereocenters. The molecule has 1 aromatic rings. The minimum Gasteiger partial charge on any atom is -0.395 e. The molecule has 0 aliphatic carbocycles. The van der Waals surface area contributed by atoms with Gasteiger partial charge < -0.3 is 20.3 Å². The molecule has 0 spiro atoms. The second kappa shape index (κ2) is 8.26. The molecule has 0 aliphatic rings. The van der Waals surface area contributed by atoms with Gasteiger partial charge in [0.2, 0.25) is 0 Å². The van der Waals surface area contributed by atoms with E-state index in [1.807, 2.05) is 0 Å². The summed E-state index contributed by atoms with van der Waals surface area (Å²) >= 11 is 0. The van der Waals surface area contributed by atoms with E-state index in [9.17, 15) is 13.9 Å². The largest absolute Gasteiger partial charge is 0.395 e. The van der Waals surface area contributed by atoms with E-state index in [0.29, 0.717) is 31.8 Å². The van der Waals surface area contributed by atoms with Crippen LogP contribution in [0.15, 0.2) is 18.2 Å². The summed E-state index contributed by atoms with van der Waals surface area (Å²) in [4.78, 5) is 0. The highest BCUT2D eigenvalue weighted by molar-refractivity contribution is 5.28. The number of ether oxygens (including phenoxy) is 2. The number of aliphatic hydroxyl groups excluding tert-OH is 1.